The van der Waals surface area contributed by atoms with E-state index in [1.54, 1.807) is 18.5 Å². The molecule has 4 aliphatic rings. The van der Waals surface area contributed by atoms with Crippen molar-refractivity contribution < 1.29 is 15.0 Å². The highest BCUT2D eigenvalue weighted by molar-refractivity contribution is 5.89. The molecule has 4 saturated carbocycles. The van der Waals surface area contributed by atoms with Gasteiger partial charge in [0.1, 0.15) is 5.75 Å². The molecule has 4 fully saturated rings. The van der Waals surface area contributed by atoms with Crippen molar-refractivity contribution >= 4 is 11.5 Å². The molecule has 2 N–H and O–H groups in total. The van der Waals surface area contributed by atoms with Crippen LogP contribution in [0.1, 0.15) is 63.1 Å². The Morgan fingerprint density at radius 2 is 1.77 bits per heavy atom. The van der Waals surface area contributed by atoms with Gasteiger partial charge in [-0.2, -0.15) is 0 Å². The molecule has 0 spiro atoms. The van der Waals surface area contributed by atoms with Crippen LogP contribution in [0.3, 0.4) is 0 Å². The van der Waals surface area contributed by atoms with E-state index in [1.807, 2.05) is 13.0 Å². The molecular formula is C25H28N2O3. The molecule has 1 heterocycles. The molecule has 0 radical (unpaired) electrons. The normalized spacial score (nSPS) is 29.9. The first-order valence-corrected chi connectivity index (χ1v) is 11.1. The largest absolute Gasteiger partial charge is 0.508 e. The molecule has 4 bridgehead atoms. The van der Waals surface area contributed by atoms with Gasteiger partial charge in [-0.05, 0) is 91.9 Å². The van der Waals surface area contributed by atoms with Crippen LogP contribution >= 0.6 is 0 Å². The van der Waals surface area contributed by atoms with Gasteiger partial charge < -0.3 is 10.2 Å². The van der Waals surface area contributed by atoms with Crippen LogP contribution in [0.25, 0.3) is 16.8 Å². The van der Waals surface area contributed by atoms with Crippen LogP contribution < -0.4 is 0 Å². The number of carboxylic acids is 1. The van der Waals surface area contributed by atoms with Crippen molar-refractivity contribution in [2.45, 2.75) is 57.3 Å². The van der Waals surface area contributed by atoms with Crippen LogP contribution in [0, 0.1) is 17.8 Å². The van der Waals surface area contributed by atoms with Gasteiger partial charge >= 0.3 is 5.97 Å². The van der Waals surface area contributed by atoms with Crippen LogP contribution in [0.2, 0.25) is 0 Å². The molecule has 156 valence electrons. The Balaban J connectivity index is 1.48. The van der Waals surface area contributed by atoms with Gasteiger partial charge in [-0.15, -0.1) is 0 Å². The van der Waals surface area contributed by atoms with E-state index in [4.69, 9.17) is 5.11 Å². The Morgan fingerprint density at radius 1 is 1.10 bits per heavy atom. The van der Waals surface area contributed by atoms with Crippen molar-refractivity contribution in [3.63, 3.8) is 0 Å². The van der Waals surface area contributed by atoms with Gasteiger partial charge in [-0.25, -0.2) is 4.79 Å². The van der Waals surface area contributed by atoms with Gasteiger partial charge in [0, 0.05) is 17.2 Å². The van der Waals surface area contributed by atoms with Gasteiger partial charge in [0.2, 0.25) is 0 Å². The molecule has 5 heteroatoms. The second kappa shape index (κ2) is 7.22. The van der Waals surface area contributed by atoms with E-state index in [1.165, 1.54) is 44.6 Å². The summed E-state index contributed by atoms with van der Waals surface area (Å²) in [6.45, 7) is 1.90. The zero-order valence-corrected chi connectivity index (χ0v) is 17.3. The van der Waals surface area contributed by atoms with E-state index in [0.29, 0.717) is 23.4 Å². The average Bonchev–Trinajstić information content (AvgIpc) is 2.71. The van der Waals surface area contributed by atoms with Crippen molar-refractivity contribution in [2.75, 3.05) is 0 Å². The molecule has 0 atom stereocenters. The molecule has 4 aliphatic carbocycles. The zero-order valence-electron chi connectivity index (χ0n) is 17.3. The zero-order chi connectivity index (χ0) is 20.9. The van der Waals surface area contributed by atoms with Gasteiger partial charge in [0.15, 0.2) is 0 Å². The van der Waals surface area contributed by atoms with E-state index < -0.39 is 5.97 Å². The summed E-state index contributed by atoms with van der Waals surface area (Å²) < 4.78 is 0. The summed E-state index contributed by atoms with van der Waals surface area (Å²) in [4.78, 5) is 20.0. The number of hydrogen-bond donors (Lipinski definition) is 2. The molecule has 0 unspecified atom stereocenters. The first-order valence-electron chi connectivity index (χ1n) is 11.1. The van der Waals surface area contributed by atoms with Crippen molar-refractivity contribution in [2.24, 2.45) is 17.8 Å². The highest BCUT2D eigenvalue weighted by atomic mass is 16.4. The molecule has 0 amide bonds. The predicted molar refractivity (Wildman–Crippen MR) is 115 cm³/mol. The Morgan fingerprint density at radius 3 is 2.30 bits per heavy atom. The maximum Gasteiger partial charge on any atom is 0.328 e. The number of allylic oxidation sites excluding steroid dienone is 1. The second-order valence-electron chi connectivity index (χ2n) is 9.58. The number of aliphatic carboxylic acids is 1. The molecule has 5 nitrogen and oxygen atoms in total. The lowest BCUT2D eigenvalue weighted by molar-refractivity contribution is -0.131. The predicted octanol–water partition coefficient (Wildman–Crippen LogP) is 5.20. The summed E-state index contributed by atoms with van der Waals surface area (Å²) in [6, 6.07) is 5.83. The van der Waals surface area contributed by atoms with E-state index in [0.717, 1.165) is 34.6 Å². The third-order valence-corrected chi connectivity index (χ3v) is 7.56. The van der Waals surface area contributed by atoms with Crippen molar-refractivity contribution in [1.29, 1.82) is 0 Å². The Labute approximate surface area is 176 Å². The summed E-state index contributed by atoms with van der Waals surface area (Å²) in [7, 11) is 0. The van der Waals surface area contributed by atoms with Crippen LogP contribution in [0.15, 0.2) is 36.7 Å². The van der Waals surface area contributed by atoms with Crippen molar-refractivity contribution in [3.05, 3.63) is 47.9 Å². The summed E-state index contributed by atoms with van der Waals surface area (Å²) in [5, 5.41) is 19.8. The smallest absolute Gasteiger partial charge is 0.328 e. The van der Waals surface area contributed by atoms with Gasteiger partial charge in [0.05, 0.1) is 23.8 Å². The fourth-order valence-corrected chi connectivity index (χ4v) is 6.71. The quantitative estimate of drug-likeness (QED) is 0.670. The third-order valence-electron chi connectivity index (χ3n) is 7.56. The molecule has 30 heavy (non-hydrogen) atoms. The standard InChI is InChI=1S/C25H28N2O3/c1-2-18(9-24(29)30)21-13-27-22(14-26-21)19-3-4-23(28)20(8-19)25-10-15-5-16(11-25)7-17(6-15)12-25/h3-4,8-9,13-17,28H,2,5-7,10-12H2,1H3,(H,29,30)/b18-9+. The SMILES string of the molecule is CC/C(=C\C(=O)O)c1cnc(-c2ccc(O)c(C34CC5CC(CC(C5)C3)C4)c2)cn1. The number of phenolic OH excluding ortho intramolecular Hbond substituents is 1. The molecule has 1 aromatic heterocycles. The average molecular weight is 405 g/mol. The summed E-state index contributed by atoms with van der Waals surface area (Å²) in [5.74, 6) is 1.87. The molecule has 0 aliphatic heterocycles. The van der Waals surface area contributed by atoms with Gasteiger partial charge in [-0.1, -0.05) is 6.92 Å². The topological polar surface area (TPSA) is 83.3 Å². The number of benzene rings is 1. The van der Waals surface area contributed by atoms with E-state index in [-0.39, 0.29) is 5.41 Å². The number of carbonyl (C=O) groups is 1. The minimum absolute atomic E-state index is 0.113. The summed E-state index contributed by atoms with van der Waals surface area (Å²) in [6.07, 6.45) is 12.8. The lowest BCUT2D eigenvalue weighted by Crippen LogP contribution is -2.48. The van der Waals surface area contributed by atoms with Gasteiger partial charge in [0.25, 0.3) is 0 Å². The van der Waals surface area contributed by atoms with Crippen LogP contribution in [-0.2, 0) is 10.2 Å². The van der Waals surface area contributed by atoms with Crippen LogP contribution in [-0.4, -0.2) is 26.2 Å². The number of carboxylic acid groups (broad SMARTS) is 1. The molecule has 1 aromatic carbocycles. The first-order chi connectivity index (χ1) is 14.5. The van der Waals surface area contributed by atoms with Crippen LogP contribution in [0.5, 0.6) is 5.75 Å². The lowest BCUT2D eigenvalue weighted by atomic mass is 9.48. The molecule has 2 aromatic rings. The number of phenols is 1. The summed E-state index contributed by atoms with van der Waals surface area (Å²) >= 11 is 0. The highest BCUT2D eigenvalue weighted by Gasteiger charge is 2.52. The minimum Gasteiger partial charge on any atom is -0.508 e. The van der Waals surface area contributed by atoms with Crippen molar-refractivity contribution in [1.82, 2.24) is 9.97 Å². The number of aromatic hydroxyl groups is 1. The fraction of sp³-hybridized carbons (Fsp3) is 0.480. The molecule has 6 rings (SSSR count). The van der Waals surface area contributed by atoms with Crippen LogP contribution in [0.4, 0.5) is 0 Å². The third kappa shape index (κ3) is 3.30. The summed E-state index contributed by atoms with van der Waals surface area (Å²) in [5.41, 5.74) is 4.14. The Kier molecular flexibility index (Phi) is 4.64. The number of aromatic nitrogens is 2. The van der Waals surface area contributed by atoms with Crippen molar-refractivity contribution in [3.8, 4) is 17.0 Å². The Hall–Kier alpha value is -2.69. The second-order valence-corrected chi connectivity index (χ2v) is 9.58. The minimum atomic E-state index is -0.975. The monoisotopic (exact) mass is 404 g/mol. The molecular weight excluding hydrogens is 376 g/mol. The fourth-order valence-electron chi connectivity index (χ4n) is 6.71. The van der Waals surface area contributed by atoms with E-state index in [9.17, 15) is 9.90 Å². The maximum atomic E-state index is 11.0. The van der Waals surface area contributed by atoms with E-state index in [2.05, 4.69) is 16.0 Å². The van der Waals surface area contributed by atoms with E-state index >= 15 is 0 Å². The lowest BCUT2D eigenvalue weighted by Gasteiger charge is -2.57. The highest BCUT2D eigenvalue weighted by Crippen LogP contribution is 2.62. The number of hydrogen-bond acceptors (Lipinski definition) is 4. The van der Waals surface area contributed by atoms with Gasteiger partial charge in [-0.3, -0.25) is 9.97 Å². The Bertz CT molecular complexity index is 974. The first kappa shape index (κ1) is 19.3. The maximum absolute atomic E-state index is 11.0. The number of nitrogens with zero attached hydrogens (tertiary/aromatic N) is 2. The molecule has 0 saturated heterocycles. The number of rotatable bonds is 5.